The third-order valence-corrected chi connectivity index (χ3v) is 3.31. The van der Waals surface area contributed by atoms with Crippen molar-refractivity contribution in [1.82, 2.24) is 5.32 Å². The normalized spacial score (nSPS) is 15.8. The van der Waals surface area contributed by atoms with Gasteiger partial charge in [0.05, 0.1) is 0 Å². The number of carbonyl (C=O) groups is 1. The summed E-state index contributed by atoms with van der Waals surface area (Å²) in [7, 11) is 0. The molecule has 3 N–H and O–H groups in total. The molecule has 1 rings (SSSR count). The van der Waals surface area contributed by atoms with Crippen LogP contribution in [0.25, 0.3) is 0 Å². The minimum atomic E-state index is -0.970. The van der Waals surface area contributed by atoms with Crippen LogP contribution in [-0.4, -0.2) is 11.9 Å². The van der Waals surface area contributed by atoms with Crippen LogP contribution < -0.4 is 11.1 Å². The van der Waals surface area contributed by atoms with Crippen molar-refractivity contribution in [2.45, 2.75) is 51.6 Å². The van der Waals surface area contributed by atoms with Gasteiger partial charge in [-0.2, -0.15) is 0 Å². The lowest BCUT2D eigenvalue weighted by Gasteiger charge is -2.27. The van der Waals surface area contributed by atoms with E-state index in [0.29, 0.717) is 0 Å². The number of nitrogens with two attached hydrogens (primary N) is 1. The molecule has 1 aromatic rings. The molecule has 0 aliphatic carbocycles. The molecule has 100 valence electrons. The van der Waals surface area contributed by atoms with Gasteiger partial charge in [-0.05, 0) is 25.3 Å². The maximum atomic E-state index is 12.3. The molecule has 3 nitrogen and oxygen atoms in total. The van der Waals surface area contributed by atoms with Crippen molar-refractivity contribution in [3.8, 4) is 0 Å². The predicted octanol–water partition coefficient (Wildman–Crippen LogP) is 2.56. The molecule has 18 heavy (non-hydrogen) atoms. The van der Waals surface area contributed by atoms with E-state index in [9.17, 15) is 4.79 Å². The van der Waals surface area contributed by atoms with Crippen molar-refractivity contribution in [2.75, 3.05) is 0 Å². The number of nitrogens with one attached hydrogen (secondary N) is 1. The Morgan fingerprint density at radius 2 is 1.94 bits per heavy atom. The zero-order chi connectivity index (χ0) is 13.6. The average Bonchev–Trinajstić information content (AvgIpc) is 2.39. The minimum Gasteiger partial charge on any atom is -0.351 e. The molecule has 0 spiro atoms. The quantitative estimate of drug-likeness (QED) is 0.813. The Morgan fingerprint density at radius 3 is 2.44 bits per heavy atom. The van der Waals surface area contributed by atoms with E-state index >= 15 is 0 Å². The molecule has 0 bridgehead atoms. The number of benzene rings is 1. The monoisotopic (exact) mass is 248 g/mol. The van der Waals surface area contributed by atoms with Crippen LogP contribution in [-0.2, 0) is 10.3 Å². The Morgan fingerprint density at radius 1 is 1.33 bits per heavy atom. The van der Waals surface area contributed by atoms with Crippen molar-refractivity contribution in [1.29, 1.82) is 0 Å². The van der Waals surface area contributed by atoms with E-state index in [-0.39, 0.29) is 11.9 Å². The number of carbonyl (C=O) groups excluding carboxylic acids is 1. The van der Waals surface area contributed by atoms with Gasteiger partial charge in [0.1, 0.15) is 5.54 Å². The Kier molecular flexibility index (Phi) is 5.35. The summed E-state index contributed by atoms with van der Waals surface area (Å²) >= 11 is 0. The van der Waals surface area contributed by atoms with Crippen LogP contribution in [0.4, 0.5) is 0 Å². The van der Waals surface area contributed by atoms with Crippen molar-refractivity contribution in [2.24, 2.45) is 5.73 Å². The number of rotatable bonds is 6. The molecule has 0 fully saturated rings. The van der Waals surface area contributed by atoms with Gasteiger partial charge in [0.15, 0.2) is 0 Å². The smallest absolute Gasteiger partial charge is 0.244 e. The summed E-state index contributed by atoms with van der Waals surface area (Å²) in [5.74, 6) is -0.103. The van der Waals surface area contributed by atoms with E-state index in [1.165, 1.54) is 0 Å². The molecule has 2 unspecified atom stereocenters. The second-order valence-corrected chi connectivity index (χ2v) is 4.94. The summed E-state index contributed by atoms with van der Waals surface area (Å²) in [6, 6.07) is 9.72. The molecule has 0 heterocycles. The fraction of sp³-hybridized carbons (Fsp3) is 0.533. The van der Waals surface area contributed by atoms with Gasteiger partial charge in [-0.3, -0.25) is 4.79 Å². The van der Waals surface area contributed by atoms with E-state index in [4.69, 9.17) is 5.73 Å². The molecule has 0 saturated heterocycles. The van der Waals surface area contributed by atoms with E-state index in [1.54, 1.807) is 6.92 Å². The predicted molar refractivity (Wildman–Crippen MR) is 75.1 cm³/mol. The molecule has 0 aromatic heterocycles. The highest BCUT2D eigenvalue weighted by Gasteiger charge is 2.31. The lowest BCUT2D eigenvalue weighted by atomic mass is 9.91. The van der Waals surface area contributed by atoms with E-state index in [0.717, 1.165) is 24.8 Å². The van der Waals surface area contributed by atoms with Crippen LogP contribution in [0.2, 0.25) is 0 Å². The molecule has 1 aromatic carbocycles. The molecular weight excluding hydrogens is 224 g/mol. The number of hydrogen-bond donors (Lipinski definition) is 2. The summed E-state index contributed by atoms with van der Waals surface area (Å²) in [5, 5.41) is 3.04. The van der Waals surface area contributed by atoms with Crippen LogP contribution >= 0.6 is 0 Å². The molecule has 0 aliphatic heterocycles. The molecule has 0 aliphatic rings. The summed E-state index contributed by atoms with van der Waals surface area (Å²) in [4.78, 5) is 12.3. The van der Waals surface area contributed by atoms with Crippen LogP contribution in [0.1, 0.15) is 45.6 Å². The maximum Gasteiger partial charge on any atom is 0.244 e. The third-order valence-electron chi connectivity index (χ3n) is 3.31. The summed E-state index contributed by atoms with van der Waals surface area (Å²) in [5.41, 5.74) is 6.04. The Hall–Kier alpha value is -1.35. The van der Waals surface area contributed by atoms with Gasteiger partial charge in [-0.1, -0.05) is 50.6 Å². The van der Waals surface area contributed by atoms with Gasteiger partial charge in [-0.25, -0.2) is 0 Å². The summed E-state index contributed by atoms with van der Waals surface area (Å²) < 4.78 is 0. The van der Waals surface area contributed by atoms with Crippen molar-refractivity contribution in [3.05, 3.63) is 35.9 Å². The Labute approximate surface area is 110 Å². The van der Waals surface area contributed by atoms with E-state index < -0.39 is 5.54 Å². The summed E-state index contributed by atoms with van der Waals surface area (Å²) in [6.45, 7) is 5.96. The lowest BCUT2D eigenvalue weighted by molar-refractivity contribution is -0.126. The van der Waals surface area contributed by atoms with Crippen molar-refractivity contribution >= 4 is 5.91 Å². The fourth-order valence-corrected chi connectivity index (χ4v) is 1.98. The SMILES string of the molecule is CCCC(CC)NC(=O)C(C)(N)c1ccccc1. The number of amides is 1. The molecular formula is C15H24N2O. The molecule has 0 saturated carbocycles. The Balaban J connectivity index is 2.76. The van der Waals surface area contributed by atoms with Crippen molar-refractivity contribution < 1.29 is 4.79 Å². The molecule has 3 heteroatoms. The first-order valence-electron chi connectivity index (χ1n) is 6.67. The highest BCUT2D eigenvalue weighted by molar-refractivity contribution is 5.87. The van der Waals surface area contributed by atoms with Gasteiger partial charge >= 0.3 is 0 Å². The van der Waals surface area contributed by atoms with Gasteiger partial charge in [-0.15, -0.1) is 0 Å². The average molecular weight is 248 g/mol. The largest absolute Gasteiger partial charge is 0.351 e. The first kappa shape index (κ1) is 14.7. The van der Waals surface area contributed by atoms with Gasteiger partial charge in [0, 0.05) is 6.04 Å². The van der Waals surface area contributed by atoms with Crippen LogP contribution in [0.5, 0.6) is 0 Å². The first-order valence-corrected chi connectivity index (χ1v) is 6.67. The topological polar surface area (TPSA) is 55.1 Å². The van der Waals surface area contributed by atoms with Crippen LogP contribution in [0.3, 0.4) is 0 Å². The zero-order valence-corrected chi connectivity index (χ0v) is 11.6. The van der Waals surface area contributed by atoms with E-state index in [2.05, 4.69) is 19.2 Å². The second kappa shape index (κ2) is 6.55. The van der Waals surface area contributed by atoms with Gasteiger partial charge < -0.3 is 11.1 Å². The zero-order valence-electron chi connectivity index (χ0n) is 11.6. The van der Waals surface area contributed by atoms with Crippen molar-refractivity contribution in [3.63, 3.8) is 0 Å². The van der Waals surface area contributed by atoms with Gasteiger partial charge in [0.2, 0.25) is 5.91 Å². The highest BCUT2D eigenvalue weighted by atomic mass is 16.2. The minimum absolute atomic E-state index is 0.103. The van der Waals surface area contributed by atoms with E-state index in [1.807, 2.05) is 30.3 Å². The fourth-order valence-electron chi connectivity index (χ4n) is 1.98. The Bertz CT molecular complexity index is 373. The second-order valence-electron chi connectivity index (χ2n) is 4.94. The number of hydrogen-bond acceptors (Lipinski definition) is 2. The molecule has 0 radical (unpaired) electrons. The maximum absolute atomic E-state index is 12.3. The highest BCUT2D eigenvalue weighted by Crippen LogP contribution is 2.18. The van der Waals surface area contributed by atoms with Gasteiger partial charge in [0.25, 0.3) is 0 Å². The lowest BCUT2D eigenvalue weighted by Crippen LogP contribution is -2.51. The summed E-state index contributed by atoms with van der Waals surface area (Å²) in [6.07, 6.45) is 2.99. The molecule has 2 atom stereocenters. The van der Waals surface area contributed by atoms with Crippen LogP contribution in [0, 0.1) is 0 Å². The molecule has 1 amide bonds. The first-order chi connectivity index (χ1) is 8.52. The third kappa shape index (κ3) is 3.57. The standard InChI is InChI=1S/C15H24N2O/c1-4-9-13(5-2)17-14(18)15(3,16)12-10-7-6-8-11-12/h6-8,10-11,13H,4-5,9,16H2,1-3H3,(H,17,18). The van der Waals surface area contributed by atoms with Crippen LogP contribution in [0.15, 0.2) is 30.3 Å².